The second-order valence-electron chi connectivity index (χ2n) is 7.08. The number of fused-ring (bicyclic) bond motifs is 2. The molecule has 1 amide bonds. The van der Waals surface area contributed by atoms with Gasteiger partial charge in [-0.25, -0.2) is 8.42 Å². The van der Waals surface area contributed by atoms with Crippen LogP contribution in [0.15, 0.2) is 18.2 Å². The Morgan fingerprint density at radius 3 is 2.31 bits per heavy atom. The first kappa shape index (κ1) is 19.0. The lowest BCUT2D eigenvalue weighted by atomic mass is 9.99. The van der Waals surface area contributed by atoms with E-state index in [9.17, 15) is 13.2 Å². The molecule has 0 radical (unpaired) electrons. The average molecular weight is 382 g/mol. The maximum absolute atomic E-state index is 12.4. The van der Waals surface area contributed by atoms with Crippen molar-refractivity contribution in [1.29, 1.82) is 0 Å². The van der Waals surface area contributed by atoms with Crippen molar-refractivity contribution in [3.8, 4) is 11.5 Å². The molecule has 0 spiro atoms. The predicted octanol–water partition coefficient (Wildman–Crippen LogP) is 1.32. The smallest absolute Gasteiger partial charge is 0.224 e. The summed E-state index contributed by atoms with van der Waals surface area (Å²) < 4.78 is 36.0. The predicted molar refractivity (Wildman–Crippen MR) is 97.9 cm³/mol. The minimum Gasteiger partial charge on any atom is -0.493 e. The molecule has 2 fully saturated rings. The Hall–Kier alpha value is -1.80. The Morgan fingerprint density at radius 1 is 1.15 bits per heavy atom. The first-order valence-corrected chi connectivity index (χ1v) is 10.7. The number of hydrogen-bond donors (Lipinski definition) is 1. The number of rotatable bonds is 6. The summed E-state index contributed by atoms with van der Waals surface area (Å²) in [5.41, 5.74) is 0.844. The van der Waals surface area contributed by atoms with E-state index in [1.807, 2.05) is 6.07 Å². The van der Waals surface area contributed by atoms with Gasteiger partial charge >= 0.3 is 0 Å². The number of hydrogen-bond acceptors (Lipinski definition) is 5. The van der Waals surface area contributed by atoms with Gasteiger partial charge in [0.2, 0.25) is 15.9 Å². The number of piperidine rings is 1. The van der Waals surface area contributed by atoms with Gasteiger partial charge in [0.1, 0.15) is 0 Å². The van der Waals surface area contributed by atoms with Crippen LogP contribution in [0.25, 0.3) is 0 Å². The van der Waals surface area contributed by atoms with Crippen LogP contribution in [-0.2, 0) is 21.2 Å². The van der Waals surface area contributed by atoms with Gasteiger partial charge in [0, 0.05) is 18.1 Å². The lowest BCUT2D eigenvalue weighted by Crippen LogP contribution is -2.52. The SMILES string of the molecule is COc1ccc(CC(=O)NC2CC3CCC(C2)N3S(C)(=O)=O)cc1OC. The van der Waals surface area contributed by atoms with Gasteiger partial charge < -0.3 is 14.8 Å². The molecule has 2 saturated heterocycles. The highest BCUT2D eigenvalue weighted by Crippen LogP contribution is 2.37. The summed E-state index contributed by atoms with van der Waals surface area (Å²) in [6.45, 7) is 0. The third kappa shape index (κ3) is 3.96. The van der Waals surface area contributed by atoms with E-state index in [-0.39, 0.29) is 30.5 Å². The van der Waals surface area contributed by atoms with Crippen LogP contribution in [0.4, 0.5) is 0 Å². The molecule has 3 rings (SSSR count). The number of nitrogens with zero attached hydrogens (tertiary/aromatic N) is 1. The van der Waals surface area contributed by atoms with Gasteiger partial charge in [0.05, 0.1) is 26.9 Å². The number of amides is 1. The van der Waals surface area contributed by atoms with Crippen LogP contribution < -0.4 is 14.8 Å². The average Bonchev–Trinajstić information content (AvgIpc) is 2.87. The zero-order chi connectivity index (χ0) is 18.9. The van der Waals surface area contributed by atoms with Crippen LogP contribution in [0, 0.1) is 0 Å². The van der Waals surface area contributed by atoms with Gasteiger partial charge in [0.25, 0.3) is 0 Å². The lowest BCUT2D eigenvalue weighted by molar-refractivity contribution is -0.121. The van der Waals surface area contributed by atoms with Gasteiger partial charge in [-0.1, -0.05) is 6.07 Å². The Labute approximate surface area is 154 Å². The standard InChI is InChI=1S/C18H26N2O5S/c1-24-16-7-4-12(8-17(16)25-2)9-18(21)19-13-10-14-5-6-15(11-13)20(14)26(3,22)23/h4,7-8,13-15H,5-6,9-11H2,1-3H3,(H,19,21). The molecule has 0 aromatic heterocycles. The number of carbonyl (C=O) groups excluding carboxylic acids is 1. The number of carbonyl (C=O) groups is 1. The first-order chi connectivity index (χ1) is 12.3. The maximum atomic E-state index is 12.4. The summed E-state index contributed by atoms with van der Waals surface area (Å²) in [4.78, 5) is 12.4. The molecule has 8 heteroatoms. The molecule has 2 bridgehead atoms. The number of sulfonamides is 1. The van der Waals surface area contributed by atoms with Gasteiger partial charge in [0.15, 0.2) is 11.5 Å². The zero-order valence-corrected chi connectivity index (χ0v) is 16.2. The molecular formula is C18H26N2O5S. The van der Waals surface area contributed by atoms with Crippen molar-refractivity contribution >= 4 is 15.9 Å². The van der Waals surface area contributed by atoms with Crippen LogP contribution in [-0.4, -0.2) is 57.2 Å². The molecule has 2 atom stereocenters. The fourth-order valence-corrected chi connectivity index (χ4v) is 5.71. The Kier molecular flexibility index (Phi) is 5.43. The molecule has 7 nitrogen and oxygen atoms in total. The van der Waals surface area contributed by atoms with E-state index in [0.29, 0.717) is 24.3 Å². The van der Waals surface area contributed by atoms with Crippen molar-refractivity contribution in [3.05, 3.63) is 23.8 Å². The topological polar surface area (TPSA) is 84.9 Å². The maximum Gasteiger partial charge on any atom is 0.224 e. The van der Waals surface area contributed by atoms with E-state index in [0.717, 1.165) is 18.4 Å². The van der Waals surface area contributed by atoms with Crippen molar-refractivity contribution < 1.29 is 22.7 Å². The zero-order valence-electron chi connectivity index (χ0n) is 15.4. The molecular weight excluding hydrogens is 356 g/mol. The highest BCUT2D eigenvalue weighted by atomic mass is 32.2. The van der Waals surface area contributed by atoms with Crippen molar-refractivity contribution in [2.75, 3.05) is 20.5 Å². The minimum atomic E-state index is -3.18. The van der Waals surface area contributed by atoms with Gasteiger partial charge in [-0.2, -0.15) is 4.31 Å². The van der Waals surface area contributed by atoms with Gasteiger partial charge in [-0.15, -0.1) is 0 Å². The molecule has 2 aliphatic heterocycles. The number of benzene rings is 1. The van der Waals surface area contributed by atoms with Crippen molar-refractivity contribution in [2.24, 2.45) is 0 Å². The van der Waals surface area contributed by atoms with E-state index >= 15 is 0 Å². The van der Waals surface area contributed by atoms with Crippen LogP contribution in [0.2, 0.25) is 0 Å². The summed E-state index contributed by atoms with van der Waals surface area (Å²) in [6.07, 6.45) is 4.64. The van der Waals surface area contributed by atoms with Gasteiger partial charge in [-0.05, 0) is 43.4 Å². The summed E-state index contributed by atoms with van der Waals surface area (Å²) in [7, 11) is -0.0483. The second kappa shape index (κ2) is 7.44. The summed E-state index contributed by atoms with van der Waals surface area (Å²) in [6, 6.07) is 5.47. The highest BCUT2D eigenvalue weighted by Gasteiger charge is 2.45. The molecule has 2 aliphatic rings. The first-order valence-electron chi connectivity index (χ1n) is 8.80. The molecule has 26 heavy (non-hydrogen) atoms. The minimum absolute atomic E-state index is 0.00938. The molecule has 0 saturated carbocycles. The second-order valence-corrected chi connectivity index (χ2v) is 8.97. The Morgan fingerprint density at radius 2 is 1.77 bits per heavy atom. The molecule has 2 unspecified atom stereocenters. The van der Waals surface area contributed by atoms with Crippen LogP contribution in [0.3, 0.4) is 0 Å². The van der Waals surface area contributed by atoms with Crippen molar-refractivity contribution in [1.82, 2.24) is 9.62 Å². The molecule has 1 aromatic rings. The Balaban J connectivity index is 1.60. The lowest BCUT2D eigenvalue weighted by Gasteiger charge is -2.37. The van der Waals surface area contributed by atoms with Gasteiger partial charge in [-0.3, -0.25) is 4.79 Å². The van der Waals surface area contributed by atoms with Crippen LogP contribution in [0.5, 0.6) is 11.5 Å². The third-order valence-corrected chi connectivity index (χ3v) is 6.59. The monoisotopic (exact) mass is 382 g/mol. The van der Waals surface area contributed by atoms with E-state index in [1.165, 1.54) is 6.26 Å². The molecule has 1 aromatic carbocycles. The number of ether oxygens (including phenoxy) is 2. The van der Waals surface area contributed by atoms with E-state index in [2.05, 4.69) is 5.32 Å². The summed E-state index contributed by atoms with van der Waals surface area (Å²) in [5, 5.41) is 3.07. The van der Waals surface area contributed by atoms with E-state index < -0.39 is 10.0 Å². The number of nitrogens with one attached hydrogen (secondary N) is 1. The molecule has 144 valence electrons. The third-order valence-electron chi connectivity index (χ3n) is 5.23. The van der Waals surface area contributed by atoms with Crippen LogP contribution in [0.1, 0.15) is 31.2 Å². The molecule has 2 heterocycles. The van der Waals surface area contributed by atoms with Crippen molar-refractivity contribution in [3.63, 3.8) is 0 Å². The highest BCUT2D eigenvalue weighted by molar-refractivity contribution is 7.88. The van der Waals surface area contributed by atoms with E-state index in [1.54, 1.807) is 30.7 Å². The summed E-state index contributed by atoms with van der Waals surface area (Å²) >= 11 is 0. The van der Waals surface area contributed by atoms with Crippen molar-refractivity contribution in [2.45, 2.75) is 50.2 Å². The fraction of sp³-hybridized carbons (Fsp3) is 0.611. The normalized spacial score (nSPS) is 25.7. The largest absolute Gasteiger partial charge is 0.493 e. The number of methoxy groups -OCH3 is 2. The van der Waals surface area contributed by atoms with Crippen LogP contribution >= 0.6 is 0 Å². The summed E-state index contributed by atoms with van der Waals surface area (Å²) in [5.74, 6) is 1.16. The Bertz CT molecular complexity index is 766. The fourth-order valence-electron chi connectivity index (χ4n) is 4.25. The van der Waals surface area contributed by atoms with E-state index in [4.69, 9.17) is 9.47 Å². The molecule has 1 N–H and O–H groups in total. The quantitative estimate of drug-likeness (QED) is 0.802. The molecule has 0 aliphatic carbocycles.